The Bertz CT molecular complexity index is 1010. The maximum absolute atomic E-state index is 13.1. The molecule has 0 spiro atoms. The molecule has 3 nitrogen and oxygen atoms in total. The van der Waals surface area contributed by atoms with Crippen LogP contribution in [-0.2, 0) is 21.6 Å². The average molecular weight is 458 g/mol. The number of hydrogen-bond acceptors (Lipinski definition) is 2. The second-order valence-electron chi connectivity index (χ2n) is 11.0. The number of nitrogens with one attached hydrogen (secondary N) is 1. The van der Waals surface area contributed by atoms with Gasteiger partial charge in [0.25, 0.3) is 0 Å². The summed E-state index contributed by atoms with van der Waals surface area (Å²) in [6.07, 6.45) is 9.41. The highest BCUT2D eigenvalue weighted by Crippen LogP contribution is 2.55. The summed E-state index contributed by atoms with van der Waals surface area (Å²) in [5.74, 6) is 4.15. The van der Waals surface area contributed by atoms with Crippen LogP contribution in [0, 0.1) is 23.7 Å². The summed E-state index contributed by atoms with van der Waals surface area (Å²) in [4.78, 5) is 13.1. The predicted molar refractivity (Wildman–Crippen MR) is 140 cm³/mol. The highest BCUT2D eigenvalue weighted by atomic mass is 16.5. The molecule has 0 radical (unpaired) electrons. The highest BCUT2D eigenvalue weighted by molar-refractivity contribution is 5.87. The molecule has 3 heteroatoms. The Hall–Kier alpha value is -2.81. The monoisotopic (exact) mass is 457 g/mol. The molecule has 180 valence electrons. The Balaban J connectivity index is 1.27. The van der Waals surface area contributed by atoms with Gasteiger partial charge in [0, 0.05) is 6.54 Å². The van der Waals surface area contributed by atoms with Crippen LogP contribution < -0.4 is 5.32 Å². The second kappa shape index (κ2) is 10.6. The van der Waals surface area contributed by atoms with E-state index in [2.05, 4.69) is 24.9 Å². The van der Waals surface area contributed by atoms with Gasteiger partial charge >= 0.3 is 0 Å². The van der Waals surface area contributed by atoms with Crippen LogP contribution in [-0.4, -0.2) is 12.5 Å². The fourth-order valence-corrected chi connectivity index (χ4v) is 5.32. The summed E-state index contributed by atoms with van der Waals surface area (Å²) < 4.78 is 5.75. The molecule has 2 aliphatic carbocycles. The fraction of sp³-hybridized carbons (Fsp3) is 0.452. The molecule has 1 amide bonds. The van der Waals surface area contributed by atoms with E-state index in [-0.39, 0.29) is 5.91 Å². The van der Waals surface area contributed by atoms with Crippen molar-refractivity contribution in [2.24, 2.45) is 23.7 Å². The largest absolute Gasteiger partial charge is 0.490 e. The molecule has 0 aliphatic heterocycles. The van der Waals surface area contributed by atoms with Gasteiger partial charge in [-0.1, -0.05) is 74.2 Å². The van der Waals surface area contributed by atoms with Gasteiger partial charge in [-0.15, -0.1) is 0 Å². The van der Waals surface area contributed by atoms with Crippen LogP contribution in [0.4, 0.5) is 0 Å². The summed E-state index contributed by atoms with van der Waals surface area (Å²) in [6, 6.07) is 18.2. The van der Waals surface area contributed by atoms with E-state index >= 15 is 0 Å². The number of amides is 1. The van der Waals surface area contributed by atoms with Gasteiger partial charge in [0.05, 0.1) is 5.41 Å². The number of rotatable bonds is 11. The fourth-order valence-electron chi connectivity index (χ4n) is 5.32. The summed E-state index contributed by atoms with van der Waals surface area (Å²) in [6.45, 7) is 11.5. The second-order valence-corrected chi connectivity index (χ2v) is 11.0. The van der Waals surface area contributed by atoms with Crippen LogP contribution in [0.2, 0.25) is 0 Å². The van der Waals surface area contributed by atoms with Gasteiger partial charge in [0.1, 0.15) is 12.4 Å². The van der Waals surface area contributed by atoms with E-state index < -0.39 is 5.41 Å². The van der Waals surface area contributed by atoms with E-state index in [0.29, 0.717) is 18.3 Å². The van der Waals surface area contributed by atoms with E-state index in [1.54, 1.807) is 0 Å². The zero-order chi connectivity index (χ0) is 24.1. The van der Waals surface area contributed by atoms with Gasteiger partial charge in [0.15, 0.2) is 0 Å². The Morgan fingerprint density at radius 1 is 1.12 bits per heavy atom. The van der Waals surface area contributed by atoms with Gasteiger partial charge in [-0.3, -0.25) is 4.79 Å². The molecular formula is C31H39NO2. The topological polar surface area (TPSA) is 38.3 Å². The smallest absolute Gasteiger partial charge is 0.230 e. The number of carbonyl (C=O) groups excluding carboxylic acids is 1. The van der Waals surface area contributed by atoms with E-state index in [0.717, 1.165) is 41.0 Å². The molecule has 2 fully saturated rings. The Morgan fingerprint density at radius 2 is 1.85 bits per heavy atom. The molecule has 1 N–H and O–H groups in total. The molecular weight excluding hydrogens is 418 g/mol. The third-order valence-electron chi connectivity index (χ3n) is 7.59. The number of allylic oxidation sites excluding steroid dienone is 1. The molecule has 0 aromatic heterocycles. The number of carbonyl (C=O) groups is 1. The highest BCUT2D eigenvalue weighted by Gasteiger charge is 2.45. The van der Waals surface area contributed by atoms with E-state index in [1.807, 2.05) is 74.5 Å². The first-order chi connectivity index (χ1) is 16.3. The summed E-state index contributed by atoms with van der Waals surface area (Å²) in [5, 5.41) is 3.23. The predicted octanol–water partition coefficient (Wildman–Crippen LogP) is 6.90. The lowest BCUT2D eigenvalue weighted by molar-refractivity contribution is -0.125. The normalized spacial score (nSPS) is 22.3. The Labute approximate surface area is 205 Å². The molecule has 0 bridgehead atoms. The van der Waals surface area contributed by atoms with Crippen LogP contribution in [0.3, 0.4) is 0 Å². The average Bonchev–Trinajstić information content (AvgIpc) is 3.46. The summed E-state index contributed by atoms with van der Waals surface area (Å²) in [7, 11) is 0. The molecule has 4 rings (SSSR count). The first kappa shape index (κ1) is 24.3. The van der Waals surface area contributed by atoms with Crippen molar-refractivity contribution in [1.29, 1.82) is 0 Å². The molecule has 3 unspecified atom stereocenters. The minimum absolute atomic E-state index is 0.0883. The van der Waals surface area contributed by atoms with Crippen molar-refractivity contribution in [3.05, 3.63) is 89.7 Å². The van der Waals surface area contributed by atoms with Gasteiger partial charge in [-0.2, -0.15) is 0 Å². The number of benzene rings is 2. The Morgan fingerprint density at radius 3 is 2.59 bits per heavy atom. The third-order valence-corrected chi connectivity index (χ3v) is 7.59. The molecule has 2 aliphatic rings. The van der Waals surface area contributed by atoms with Crippen molar-refractivity contribution in [3.63, 3.8) is 0 Å². The van der Waals surface area contributed by atoms with Crippen molar-refractivity contribution in [2.75, 3.05) is 6.54 Å². The zero-order valence-corrected chi connectivity index (χ0v) is 20.9. The molecule has 2 aromatic rings. The molecule has 0 saturated heterocycles. The number of ether oxygens (including phenoxy) is 1. The summed E-state index contributed by atoms with van der Waals surface area (Å²) >= 11 is 0. The van der Waals surface area contributed by atoms with Crippen molar-refractivity contribution in [3.8, 4) is 0 Å². The minimum Gasteiger partial charge on any atom is -0.490 e. The third kappa shape index (κ3) is 6.40. The van der Waals surface area contributed by atoms with E-state index in [1.165, 1.54) is 25.7 Å². The molecule has 3 atom stereocenters. The van der Waals surface area contributed by atoms with Crippen LogP contribution in [0.1, 0.15) is 63.1 Å². The van der Waals surface area contributed by atoms with Gasteiger partial charge in [-0.25, -0.2) is 0 Å². The van der Waals surface area contributed by atoms with E-state index in [9.17, 15) is 4.79 Å². The van der Waals surface area contributed by atoms with Crippen LogP contribution in [0.5, 0.6) is 0 Å². The van der Waals surface area contributed by atoms with Crippen molar-refractivity contribution < 1.29 is 9.53 Å². The van der Waals surface area contributed by atoms with Crippen molar-refractivity contribution in [1.82, 2.24) is 5.32 Å². The SMILES string of the molecule is C=C(/C=C/c1cccc(C(C)(C)C(=O)NCC(C)CC2CC3CC3C2)c1)OCc1ccccc1. The lowest BCUT2D eigenvalue weighted by Gasteiger charge is -2.26. The van der Waals surface area contributed by atoms with Crippen molar-refractivity contribution >= 4 is 12.0 Å². The van der Waals surface area contributed by atoms with E-state index in [4.69, 9.17) is 4.74 Å². The van der Waals surface area contributed by atoms with Crippen LogP contribution in [0.15, 0.2) is 73.0 Å². The zero-order valence-electron chi connectivity index (χ0n) is 20.9. The minimum atomic E-state index is -0.598. The quantitative estimate of drug-likeness (QED) is 0.294. The number of fused-ring (bicyclic) bond motifs is 1. The van der Waals surface area contributed by atoms with Crippen molar-refractivity contribution in [2.45, 2.75) is 58.5 Å². The first-order valence-corrected chi connectivity index (χ1v) is 12.7. The number of hydrogen-bond donors (Lipinski definition) is 1. The molecule has 34 heavy (non-hydrogen) atoms. The van der Waals surface area contributed by atoms with Gasteiger partial charge in [0.2, 0.25) is 5.91 Å². The maximum atomic E-state index is 13.1. The van der Waals surface area contributed by atoms with Gasteiger partial charge < -0.3 is 10.1 Å². The van der Waals surface area contributed by atoms with Crippen LogP contribution >= 0.6 is 0 Å². The lowest BCUT2D eigenvalue weighted by Crippen LogP contribution is -2.42. The molecule has 0 heterocycles. The van der Waals surface area contributed by atoms with Gasteiger partial charge in [-0.05, 0) is 86.0 Å². The van der Waals surface area contributed by atoms with Crippen LogP contribution in [0.25, 0.3) is 6.08 Å². The standard InChI is InChI=1S/C31H39NO2/c1-22(15-26-16-27-19-28(27)17-26)20-32-30(33)31(3,4)29-12-8-11-24(18-29)14-13-23(2)34-21-25-9-6-5-7-10-25/h5-14,18,22,26-28H,2,15-17,19-21H2,1,3-4H3,(H,32,33)/b14-13+. The maximum Gasteiger partial charge on any atom is 0.230 e. The first-order valence-electron chi connectivity index (χ1n) is 12.7. The molecule has 2 aromatic carbocycles. The summed E-state index contributed by atoms with van der Waals surface area (Å²) in [5.41, 5.74) is 2.54. The molecule has 2 saturated carbocycles. The lowest BCUT2D eigenvalue weighted by atomic mass is 9.82. The Kier molecular flexibility index (Phi) is 7.60.